The molecule has 96 valence electrons. The van der Waals surface area contributed by atoms with Gasteiger partial charge in [-0.15, -0.1) is 0 Å². The molecule has 0 aromatic heterocycles. The van der Waals surface area contributed by atoms with E-state index < -0.39 is 0 Å². The van der Waals surface area contributed by atoms with Crippen LogP contribution < -0.4 is 0 Å². The monoisotopic (exact) mass is 236 g/mol. The van der Waals surface area contributed by atoms with Crippen molar-refractivity contribution in [3.8, 4) is 0 Å². The predicted octanol–water partition coefficient (Wildman–Crippen LogP) is 2.79. The van der Waals surface area contributed by atoms with Crippen molar-refractivity contribution in [2.75, 3.05) is 0 Å². The van der Waals surface area contributed by atoms with Crippen molar-refractivity contribution in [1.29, 1.82) is 0 Å². The molecule has 0 unspecified atom stereocenters. The van der Waals surface area contributed by atoms with Crippen molar-refractivity contribution in [3.05, 3.63) is 0 Å². The number of hydrogen-bond donors (Lipinski definition) is 1. The van der Waals surface area contributed by atoms with Crippen LogP contribution in [-0.2, 0) is 4.79 Å². The van der Waals surface area contributed by atoms with Crippen molar-refractivity contribution in [1.82, 2.24) is 0 Å². The van der Waals surface area contributed by atoms with Crippen LogP contribution in [0, 0.1) is 28.1 Å². The van der Waals surface area contributed by atoms with Gasteiger partial charge in [0, 0.05) is 17.3 Å². The predicted molar refractivity (Wildman–Crippen MR) is 66.5 cm³/mol. The number of Topliss-reactive ketones (excluding diaryl/α,β-unsaturated/α-hetero) is 1. The molecule has 0 aromatic carbocycles. The van der Waals surface area contributed by atoms with Crippen LogP contribution in [-0.4, -0.2) is 17.0 Å². The van der Waals surface area contributed by atoms with Crippen LogP contribution in [0.3, 0.4) is 0 Å². The van der Waals surface area contributed by atoms with Crippen LogP contribution in [0.2, 0.25) is 0 Å². The van der Waals surface area contributed by atoms with Crippen LogP contribution in [0.1, 0.15) is 53.4 Å². The first-order valence-corrected chi connectivity index (χ1v) is 7.00. The van der Waals surface area contributed by atoms with Gasteiger partial charge in [0.25, 0.3) is 0 Å². The first-order chi connectivity index (χ1) is 7.78. The molecule has 0 amide bonds. The molecule has 17 heavy (non-hydrogen) atoms. The minimum absolute atomic E-state index is 0.0463. The zero-order valence-corrected chi connectivity index (χ0v) is 11.4. The van der Waals surface area contributed by atoms with Gasteiger partial charge in [0.2, 0.25) is 0 Å². The molecule has 3 saturated carbocycles. The lowest BCUT2D eigenvalue weighted by atomic mass is 9.48. The van der Waals surface area contributed by atoms with Crippen LogP contribution in [0.15, 0.2) is 0 Å². The van der Waals surface area contributed by atoms with Crippen molar-refractivity contribution in [2.45, 2.75) is 59.5 Å². The third-order valence-corrected chi connectivity index (χ3v) is 6.67. The van der Waals surface area contributed by atoms with Gasteiger partial charge in [0.15, 0.2) is 0 Å². The van der Waals surface area contributed by atoms with Gasteiger partial charge in [-0.3, -0.25) is 4.79 Å². The summed E-state index contributed by atoms with van der Waals surface area (Å²) in [6, 6.07) is 0. The molecule has 0 radical (unpaired) electrons. The summed E-state index contributed by atoms with van der Waals surface area (Å²) in [5.41, 5.74) is -0.149. The maximum atomic E-state index is 12.8. The summed E-state index contributed by atoms with van der Waals surface area (Å²) in [7, 11) is 0. The SMILES string of the molecule is C[C@H]1C(=O)[C@@]23C[C@@H](O)[C@@H]1[C@@]2(C)CCCC3(C)C. The molecule has 0 aromatic rings. The second kappa shape index (κ2) is 2.96. The largest absolute Gasteiger partial charge is 0.393 e. The molecule has 2 bridgehead atoms. The Labute approximate surface area is 104 Å². The molecule has 0 heterocycles. The molecule has 3 fully saturated rings. The quantitative estimate of drug-likeness (QED) is 0.702. The molecule has 3 aliphatic rings. The Hall–Kier alpha value is -0.370. The van der Waals surface area contributed by atoms with E-state index in [9.17, 15) is 9.90 Å². The molecule has 1 N–H and O–H groups in total. The van der Waals surface area contributed by atoms with Crippen molar-refractivity contribution in [3.63, 3.8) is 0 Å². The fourth-order valence-electron chi connectivity index (χ4n) is 6.08. The van der Waals surface area contributed by atoms with Crippen molar-refractivity contribution >= 4 is 5.78 Å². The van der Waals surface area contributed by atoms with Crippen molar-refractivity contribution in [2.24, 2.45) is 28.1 Å². The number of carbonyl (C=O) groups is 1. The van der Waals surface area contributed by atoms with E-state index in [1.807, 2.05) is 6.92 Å². The Morgan fingerprint density at radius 2 is 1.88 bits per heavy atom. The summed E-state index contributed by atoms with van der Waals surface area (Å²) in [6.45, 7) is 8.80. The van der Waals surface area contributed by atoms with Gasteiger partial charge in [-0.05, 0) is 30.1 Å². The number of hydrogen-bond acceptors (Lipinski definition) is 2. The van der Waals surface area contributed by atoms with E-state index in [1.165, 1.54) is 6.42 Å². The van der Waals surface area contributed by atoms with Crippen LogP contribution >= 0.6 is 0 Å². The van der Waals surface area contributed by atoms with Crippen LogP contribution in [0.5, 0.6) is 0 Å². The molecule has 3 rings (SSSR count). The number of rotatable bonds is 0. The molecule has 3 aliphatic carbocycles. The topological polar surface area (TPSA) is 37.3 Å². The first-order valence-electron chi connectivity index (χ1n) is 7.00. The summed E-state index contributed by atoms with van der Waals surface area (Å²) in [4.78, 5) is 12.8. The van der Waals surface area contributed by atoms with Gasteiger partial charge < -0.3 is 5.11 Å². The van der Waals surface area contributed by atoms with E-state index in [1.54, 1.807) is 0 Å². The number of carbonyl (C=O) groups excluding carboxylic acids is 1. The van der Waals surface area contributed by atoms with E-state index in [2.05, 4.69) is 20.8 Å². The summed E-state index contributed by atoms with van der Waals surface area (Å²) in [5.74, 6) is 0.704. The highest BCUT2D eigenvalue weighted by Crippen LogP contribution is 2.76. The fourth-order valence-corrected chi connectivity index (χ4v) is 6.08. The average Bonchev–Trinajstić information content (AvgIpc) is 2.53. The van der Waals surface area contributed by atoms with Gasteiger partial charge in [-0.1, -0.05) is 34.1 Å². The van der Waals surface area contributed by atoms with E-state index >= 15 is 0 Å². The lowest BCUT2D eigenvalue weighted by molar-refractivity contribution is -0.148. The summed E-state index contributed by atoms with van der Waals surface area (Å²) < 4.78 is 0. The minimum atomic E-state index is -0.259. The molecule has 0 spiro atoms. The Bertz CT molecular complexity index is 386. The van der Waals surface area contributed by atoms with E-state index in [0.717, 1.165) is 12.8 Å². The van der Waals surface area contributed by atoms with Gasteiger partial charge in [-0.25, -0.2) is 0 Å². The summed E-state index contributed by atoms with van der Waals surface area (Å²) in [5, 5.41) is 10.4. The van der Waals surface area contributed by atoms with E-state index in [-0.39, 0.29) is 34.2 Å². The normalized spacial score (nSPS) is 56.1. The highest BCUT2D eigenvalue weighted by atomic mass is 16.3. The lowest BCUT2D eigenvalue weighted by Crippen LogP contribution is -2.52. The molecule has 2 heteroatoms. The second-order valence-corrected chi connectivity index (χ2v) is 7.51. The van der Waals surface area contributed by atoms with Gasteiger partial charge in [0.05, 0.1) is 6.10 Å². The Balaban J connectivity index is 2.23. The minimum Gasteiger partial charge on any atom is -0.393 e. The Morgan fingerprint density at radius 3 is 2.47 bits per heavy atom. The number of ketones is 1. The number of aliphatic hydroxyl groups excluding tert-OH is 1. The molecule has 0 saturated heterocycles. The molecule has 5 atom stereocenters. The van der Waals surface area contributed by atoms with E-state index in [0.29, 0.717) is 12.2 Å². The fraction of sp³-hybridized carbons (Fsp3) is 0.933. The van der Waals surface area contributed by atoms with Crippen molar-refractivity contribution < 1.29 is 9.90 Å². The smallest absolute Gasteiger partial charge is 0.143 e. The second-order valence-electron chi connectivity index (χ2n) is 7.51. The van der Waals surface area contributed by atoms with Gasteiger partial charge >= 0.3 is 0 Å². The highest BCUT2D eigenvalue weighted by molar-refractivity contribution is 5.93. The summed E-state index contributed by atoms with van der Waals surface area (Å²) >= 11 is 0. The highest BCUT2D eigenvalue weighted by Gasteiger charge is 2.77. The summed E-state index contributed by atoms with van der Waals surface area (Å²) in [6.07, 6.45) is 3.90. The lowest BCUT2D eigenvalue weighted by Gasteiger charge is -2.54. The Kier molecular flexibility index (Phi) is 2.04. The van der Waals surface area contributed by atoms with Crippen LogP contribution in [0.25, 0.3) is 0 Å². The zero-order chi connectivity index (χ0) is 12.6. The Morgan fingerprint density at radius 1 is 1.24 bits per heavy atom. The molecular weight excluding hydrogens is 212 g/mol. The number of aliphatic hydroxyl groups is 1. The van der Waals surface area contributed by atoms with Crippen LogP contribution in [0.4, 0.5) is 0 Å². The molecular formula is C15H24O2. The maximum absolute atomic E-state index is 12.8. The molecule has 2 nitrogen and oxygen atoms in total. The third kappa shape index (κ3) is 0.973. The zero-order valence-electron chi connectivity index (χ0n) is 11.4. The van der Waals surface area contributed by atoms with E-state index in [4.69, 9.17) is 0 Å². The first kappa shape index (κ1) is 11.7. The average molecular weight is 236 g/mol. The van der Waals surface area contributed by atoms with Gasteiger partial charge in [0.1, 0.15) is 5.78 Å². The third-order valence-electron chi connectivity index (χ3n) is 6.67. The molecule has 0 aliphatic heterocycles. The van der Waals surface area contributed by atoms with Gasteiger partial charge in [-0.2, -0.15) is 0 Å². The standard InChI is InChI=1S/C15H24O2/c1-9-11-10(16)8-15(12(9)17)13(2,3)6-5-7-14(11,15)4/h9-11,16H,5-8H2,1-4H3/t9-,10-,11-,14-,15-/m1/s1. The maximum Gasteiger partial charge on any atom is 0.143 e.